The minimum absolute atomic E-state index is 0.0369. The van der Waals surface area contributed by atoms with Crippen molar-refractivity contribution in [2.45, 2.75) is 128 Å². The highest BCUT2D eigenvalue weighted by Crippen LogP contribution is 2.16. The summed E-state index contributed by atoms with van der Waals surface area (Å²) < 4.78 is 23.2. The zero-order valence-corrected chi connectivity index (χ0v) is 38.5. The highest BCUT2D eigenvalue weighted by molar-refractivity contribution is 5.90. The topological polar surface area (TPSA) is 389 Å². The van der Waals surface area contributed by atoms with Crippen LogP contribution in [0.5, 0.6) is 0 Å². The van der Waals surface area contributed by atoms with Crippen LogP contribution in [0, 0.1) is 17.3 Å². The standard InChI is InChI=1S/C42H77N5O19/c1-6-29(51)36(58)37(59)30(52)20-46-33(55)8-7-25(40(62)47-21-31(53)38(60)39(61)32(54)22-48)17-27(49)10-14-65-16-13-44-41(63)26(23-64-5)18-28(50)19-45-34(56)9-12-43-35(57)11-15-66-24-42(2,3)4/h25-26,29-32,36-39,48,51-54,58-61H,6-24H2,1-5H3,(H,43,57)(H,44,63)(H,45,56)(H,46,55)(H,47,62)/t25?,26?,29-,30+,31+,32-,36-,37-,38-,39-/m1/s1/i5D. The van der Waals surface area contributed by atoms with Gasteiger partial charge in [-0.05, 0) is 18.3 Å². The number of methoxy groups -OCH3 is 1. The average molecular weight is 957 g/mol. The molecule has 5 amide bonds. The van der Waals surface area contributed by atoms with Crippen molar-refractivity contribution in [2.24, 2.45) is 17.3 Å². The monoisotopic (exact) mass is 957 g/mol. The second kappa shape index (κ2) is 34.5. The SMILES string of the molecule is [2H]COCC(CC(=O)CNC(=O)CCNC(=O)CCOCC(C)(C)C)C(=O)NCCOCCC(=O)CC(CCC(=O)NC[C@H](O)[C@@H](O)[C@H](O)[C@H](O)CC)C(=O)NC[C@H](O)[C@@H](O)[C@H](O)[C@H](O)CO. The molecule has 0 heterocycles. The number of aliphatic hydroxyl groups is 9. The first-order valence-electron chi connectivity index (χ1n) is 22.6. The summed E-state index contributed by atoms with van der Waals surface area (Å²) in [4.78, 5) is 88.3. The number of aliphatic hydroxyl groups excluding tert-OH is 9. The number of carbonyl (C=O) groups is 7. The zero-order valence-electron chi connectivity index (χ0n) is 39.5. The van der Waals surface area contributed by atoms with Crippen LogP contribution in [-0.4, -0.2) is 215 Å². The van der Waals surface area contributed by atoms with Gasteiger partial charge in [-0.2, -0.15) is 0 Å². The van der Waals surface area contributed by atoms with Crippen LogP contribution in [0.3, 0.4) is 0 Å². The summed E-state index contributed by atoms with van der Waals surface area (Å²) in [6.07, 6.45) is -15.6. The lowest BCUT2D eigenvalue weighted by Crippen LogP contribution is -2.50. The smallest absolute Gasteiger partial charge is 0.225 e. The molecule has 0 aromatic carbocycles. The maximum atomic E-state index is 13.1. The van der Waals surface area contributed by atoms with Gasteiger partial charge in [-0.1, -0.05) is 27.7 Å². The van der Waals surface area contributed by atoms with Gasteiger partial charge < -0.3 is 86.8 Å². The molecule has 0 rings (SSSR count). The highest BCUT2D eigenvalue weighted by Gasteiger charge is 2.32. The van der Waals surface area contributed by atoms with E-state index in [4.69, 9.17) is 20.7 Å². The van der Waals surface area contributed by atoms with Gasteiger partial charge in [0.25, 0.3) is 0 Å². The summed E-state index contributed by atoms with van der Waals surface area (Å²) in [6.45, 7) is 5.20. The Morgan fingerprint density at radius 2 is 1.12 bits per heavy atom. The number of rotatable bonds is 38. The summed E-state index contributed by atoms with van der Waals surface area (Å²) in [6, 6.07) is 0. The van der Waals surface area contributed by atoms with Gasteiger partial charge in [0.2, 0.25) is 29.5 Å². The molecule has 0 saturated carbocycles. The van der Waals surface area contributed by atoms with E-state index in [0.29, 0.717) is 6.61 Å². The Kier molecular flexibility index (Phi) is 31.5. The van der Waals surface area contributed by atoms with E-state index in [9.17, 15) is 74.4 Å². The Labute approximate surface area is 386 Å². The largest absolute Gasteiger partial charge is 0.394 e. The van der Waals surface area contributed by atoms with Crippen LogP contribution in [0.25, 0.3) is 0 Å². The lowest BCUT2D eigenvalue weighted by Gasteiger charge is -2.26. The van der Waals surface area contributed by atoms with E-state index in [1.54, 1.807) is 0 Å². The second-order valence-corrected chi connectivity index (χ2v) is 17.1. The van der Waals surface area contributed by atoms with Crippen molar-refractivity contribution in [1.82, 2.24) is 26.6 Å². The predicted octanol–water partition coefficient (Wildman–Crippen LogP) is -5.32. The van der Waals surface area contributed by atoms with E-state index < -0.39 is 129 Å². The van der Waals surface area contributed by atoms with E-state index in [-0.39, 0.29) is 102 Å². The molecular weight excluding hydrogens is 878 g/mol. The van der Waals surface area contributed by atoms with Crippen LogP contribution in [0.2, 0.25) is 0 Å². The van der Waals surface area contributed by atoms with Crippen molar-refractivity contribution in [3.63, 3.8) is 0 Å². The third-order valence-corrected chi connectivity index (χ3v) is 9.84. The first kappa shape index (κ1) is 60.2. The maximum Gasteiger partial charge on any atom is 0.225 e. The van der Waals surface area contributed by atoms with Crippen LogP contribution >= 0.6 is 0 Å². The summed E-state index contributed by atoms with van der Waals surface area (Å²) in [5.74, 6) is -6.17. The van der Waals surface area contributed by atoms with E-state index in [1.165, 1.54) is 6.92 Å². The molecule has 0 aromatic rings. The Bertz CT molecular complexity index is 1480. The number of hydrogen-bond donors (Lipinski definition) is 14. The maximum absolute atomic E-state index is 13.1. The predicted molar refractivity (Wildman–Crippen MR) is 233 cm³/mol. The molecule has 10 atom stereocenters. The van der Waals surface area contributed by atoms with Crippen molar-refractivity contribution in [3.05, 3.63) is 0 Å². The fourth-order valence-corrected chi connectivity index (χ4v) is 5.79. The number of hydrogen-bond acceptors (Lipinski definition) is 19. The van der Waals surface area contributed by atoms with E-state index >= 15 is 0 Å². The Balaban J connectivity index is 5.07. The molecule has 24 nitrogen and oxygen atoms in total. The van der Waals surface area contributed by atoms with Crippen molar-refractivity contribution in [2.75, 3.05) is 79.5 Å². The molecule has 0 radical (unpaired) electrons. The number of ether oxygens (including phenoxy) is 3. The average Bonchev–Trinajstić information content (AvgIpc) is 3.29. The van der Waals surface area contributed by atoms with Crippen molar-refractivity contribution < 1.29 is 95.1 Å². The summed E-state index contributed by atoms with van der Waals surface area (Å²) in [5, 5.41) is 101. The first-order chi connectivity index (χ1) is 31.5. The van der Waals surface area contributed by atoms with Crippen LogP contribution in [0.15, 0.2) is 0 Å². The third-order valence-electron chi connectivity index (χ3n) is 9.84. The molecule has 384 valence electrons. The summed E-state index contributed by atoms with van der Waals surface area (Å²) in [5.41, 5.74) is -0.0369. The van der Waals surface area contributed by atoms with Crippen molar-refractivity contribution in [3.8, 4) is 0 Å². The van der Waals surface area contributed by atoms with Gasteiger partial charge in [-0.25, -0.2) is 0 Å². The van der Waals surface area contributed by atoms with E-state index in [1.807, 2.05) is 20.8 Å². The van der Waals surface area contributed by atoms with Crippen LogP contribution < -0.4 is 26.6 Å². The number of Topliss-reactive ketones (excluding diaryl/α,β-unsaturated/α-hetero) is 2. The minimum atomic E-state index is -1.99. The first-order valence-corrected chi connectivity index (χ1v) is 21.9. The van der Waals surface area contributed by atoms with Gasteiger partial charge in [-0.3, -0.25) is 33.6 Å². The Morgan fingerprint density at radius 1 is 0.576 bits per heavy atom. The van der Waals surface area contributed by atoms with Gasteiger partial charge in [-0.15, -0.1) is 0 Å². The molecule has 66 heavy (non-hydrogen) atoms. The molecule has 0 saturated heterocycles. The molecule has 24 heteroatoms. The molecule has 0 spiro atoms. The van der Waals surface area contributed by atoms with Crippen molar-refractivity contribution >= 4 is 41.1 Å². The van der Waals surface area contributed by atoms with E-state index in [0.717, 1.165) is 0 Å². The number of carbonyl (C=O) groups excluding carboxylic acids is 7. The lowest BCUT2D eigenvalue weighted by molar-refractivity contribution is -0.133. The number of nitrogens with one attached hydrogen (secondary N) is 5. The van der Waals surface area contributed by atoms with E-state index in [2.05, 4.69) is 26.6 Å². The van der Waals surface area contributed by atoms with Crippen LogP contribution in [0.4, 0.5) is 0 Å². The van der Waals surface area contributed by atoms with Gasteiger partial charge in [0.15, 0.2) is 5.78 Å². The van der Waals surface area contributed by atoms with Crippen molar-refractivity contribution in [1.29, 1.82) is 0 Å². The Hall–Kier alpha value is -3.79. The molecular formula is C42H77N5O19. The molecule has 0 bridgehead atoms. The Morgan fingerprint density at radius 3 is 1.73 bits per heavy atom. The molecule has 0 aliphatic carbocycles. The fraction of sp³-hybridized carbons (Fsp3) is 0.833. The molecule has 0 aliphatic rings. The number of ketones is 2. The highest BCUT2D eigenvalue weighted by atomic mass is 16.5. The zero-order chi connectivity index (χ0) is 51.1. The minimum Gasteiger partial charge on any atom is -0.394 e. The normalized spacial score (nSPS) is 16.5. The van der Waals surface area contributed by atoms with Crippen LogP contribution in [-0.2, 0) is 47.8 Å². The summed E-state index contributed by atoms with van der Waals surface area (Å²) in [7, 11) is -0.478. The van der Waals surface area contributed by atoms with Gasteiger partial charge in [0, 0.05) is 77.7 Å². The van der Waals surface area contributed by atoms with Gasteiger partial charge in [0.1, 0.15) is 36.3 Å². The molecule has 0 aromatic heterocycles. The lowest BCUT2D eigenvalue weighted by atomic mass is 9.94. The quantitative estimate of drug-likeness (QED) is 0.0257. The molecule has 0 fully saturated rings. The second-order valence-electron chi connectivity index (χ2n) is 17.1. The van der Waals surface area contributed by atoms with Gasteiger partial charge >= 0.3 is 0 Å². The van der Waals surface area contributed by atoms with Crippen LogP contribution in [0.1, 0.15) is 80.4 Å². The van der Waals surface area contributed by atoms with Gasteiger partial charge in [0.05, 0.1) is 71.8 Å². The fourth-order valence-electron chi connectivity index (χ4n) is 5.79. The number of amides is 5. The third kappa shape index (κ3) is 28.4. The summed E-state index contributed by atoms with van der Waals surface area (Å²) >= 11 is 0. The molecule has 14 N–H and O–H groups in total. The molecule has 0 aliphatic heterocycles. The molecule has 2 unspecified atom stereocenters.